The lowest BCUT2D eigenvalue weighted by Gasteiger charge is -2.31. The summed E-state index contributed by atoms with van der Waals surface area (Å²) in [4.78, 5) is 0. The molecule has 0 radical (unpaired) electrons. The van der Waals surface area contributed by atoms with Gasteiger partial charge in [0, 0.05) is 17.9 Å². The first-order valence-corrected chi connectivity index (χ1v) is 15.0. The van der Waals surface area contributed by atoms with E-state index in [1.54, 1.807) is 0 Å². The van der Waals surface area contributed by atoms with Gasteiger partial charge < -0.3 is 19.9 Å². The fourth-order valence-corrected chi connectivity index (χ4v) is 5.91. The van der Waals surface area contributed by atoms with Crippen molar-refractivity contribution in [2.24, 2.45) is 5.73 Å². The minimum absolute atomic E-state index is 0.141. The molecule has 2 N–H and O–H groups in total. The number of rotatable bonds is 14. The summed E-state index contributed by atoms with van der Waals surface area (Å²) in [6.45, 7) is 8.96. The van der Waals surface area contributed by atoms with Crippen molar-refractivity contribution >= 4 is 0 Å². The molecule has 4 rings (SSSR count). The number of ether oxygens (including phenoxy) is 3. The van der Waals surface area contributed by atoms with Gasteiger partial charge in [0.05, 0.1) is 13.2 Å². The normalized spacial score (nSPS) is 17.0. The molecule has 3 aromatic rings. The third-order valence-corrected chi connectivity index (χ3v) is 7.87. The molecule has 4 nitrogen and oxygen atoms in total. The van der Waals surface area contributed by atoms with Gasteiger partial charge in [-0.15, -0.1) is 0 Å². The summed E-state index contributed by atoms with van der Waals surface area (Å²) in [5.74, 6) is 2.35. The Balaban J connectivity index is 1.67. The van der Waals surface area contributed by atoms with Crippen LogP contribution in [0.25, 0.3) is 0 Å². The van der Waals surface area contributed by atoms with Crippen LogP contribution in [0.3, 0.4) is 0 Å². The summed E-state index contributed by atoms with van der Waals surface area (Å²) in [6.07, 6.45) is 8.54. The van der Waals surface area contributed by atoms with Gasteiger partial charge in [0.1, 0.15) is 11.5 Å². The van der Waals surface area contributed by atoms with Gasteiger partial charge in [0.15, 0.2) is 6.29 Å². The molecule has 1 saturated heterocycles. The van der Waals surface area contributed by atoms with Crippen LogP contribution in [0.4, 0.5) is 0 Å². The van der Waals surface area contributed by atoms with Crippen LogP contribution in [-0.4, -0.2) is 26.0 Å². The SMILES string of the molecule is CCC(c1ccccc1)C(c1ccc(OC2CCCCO2)cc1)c1c(C)cc(C)cc1OCCCCCCN. The maximum atomic E-state index is 6.56. The van der Waals surface area contributed by atoms with Crippen molar-refractivity contribution < 1.29 is 14.2 Å². The Kier molecular flexibility index (Phi) is 11.3. The summed E-state index contributed by atoms with van der Waals surface area (Å²) in [7, 11) is 0. The fraction of sp³-hybridized carbons (Fsp3) is 0.486. The van der Waals surface area contributed by atoms with E-state index in [1.807, 2.05) is 0 Å². The van der Waals surface area contributed by atoms with Gasteiger partial charge in [-0.25, -0.2) is 0 Å². The second kappa shape index (κ2) is 15.1. The highest BCUT2D eigenvalue weighted by Gasteiger charge is 2.30. The lowest BCUT2D eigenvalue weighted by molar-refractivity contribution is -0.105. The Morgan fingerprint density at radius 1 is 0.897 bits per heavy atom. The molecule has 3 atom stereocenters. The summed E-state index contributed by atoms with van der Waals surface area (Å²) in [5.41, 5.74) is 12.1. The van der Waals surface area contributed by atoms with E-state index in [-0.39, 0.29) is 12.2 Å². The standard InChI is InChI=1S/C35H47NO3/c1-4-31(28-14-8-7-9-15-28)35(29-17-19-30(20-18-29)39-33-16-10-13-23-38-33)34-27(3)24-26(2)25-32(34)37-22-12-6-5-11-21-36/h7-9,14-15,17-20,24-25,31,33,35H,4-6,10-13,16,21-23,36H2,1-3H3. The number of unbranched alkanes of at least 4 members (excludes halogenated alkanes) is 3. The average molecular weight is 530 g/mol. The third-order valence-electron chi connectivity index (χ3n) is 7.87. The maximum absolute atomic E-state index is 6.56. The summed E-state index contributed by atoms with van der Waals surface area (Å²) in [6, 6.07) is 24.2. The molecule has 3 aromatic carbocycles. The van der Waals surface area contributed by atoms with E-state index in [2.05, 4.69) is 87.5 Å². The molecule has 1 heterocycles. The molecule has 0 amide bonds. The van der Waals surface area contributed by atoms with E-state index < -0.39 is 0 Å². The van der Waals surface area contributed by atoms with Crippen LogP contribution in [-0.2, 0) is 4.74 Å². The second-order valence-corrected chi connectivity index (χ2v) is 10.9. The van der Waals surface area contributed by atoms with Crippen LogP contribution >= 0.6 is 0 Å². The van der Waals surface area contributed by atoms with Crippen LogP contribution in [0.1, 0.15) is 97.9 Å². The molecule has 39 heavy (non-hydrogen) atoms. The highest BCUT2D eigenvalue weighted by atomic mass is 16.7. The minimum Gasteiger partial charge on any atom is -0.493 e. The molecule has 0 bridgehead atoms. The Labute approximate surface area is 235 Å². The van der Waals surface area contributed by atoms with Crippen LogP contribution in [0, 0.1) is 13.8 Å². The molecule has 0 spiro atoms. The zero-order valence-corrected chi connectivity index (χ0v) is 24.2. The van der Waals surface area contributed by atoms with Crippen molar-refractivity contribution in [3.8, 4) is 11.5 Å². The zero-order valence-electron chi connectivity index (χ0n) is 24.2. The van der Waals surface area contributed by atoms with E-state index >= 15 is 0 Å². The molecule has 1 fully saturated rings. The second-order valence-electron chi connectivity index (χ2n) is 10.9. The maximum Gasteiger partial charge on any atom is 0.199 e. The molecular weight excluding hydrogens is 482 g/mol. The third kappa shape index (κ3) is 8.09. The van der Waals surface area contributed by atoms with Gasteiger partial charge in [-0.2, -0.15) is 0 Å². The van der Waals surface area contributed by atoms with Crippen molar-refractivity contribution in [3.05, 3.63) is 94.5 Å². The molecule has 0 aliphatic carbocycles. The molecule has 0 saturated carbocycles. The number of hydrogen-bond acceptors (Lipinski definition) is 4. The highest BCUT2D eigenvalue weighted by Crippen LogP contribution is 2.46. The molecule has 1 aliphatic rings. The van der Waals surface area contributed by atoms with Gasteiger partial charge in [-0.1, -0.05) is 68.3 Å². The van der Waals surface area contributed by atoms with Crippen molar-refractivity contribution in [1.29, 1.82) is 0 Å². The fourth-order valence-electron chi connectivity index (χ4n) is 5.91. The van der Waals surface area contributed by atoms with Crippen molar-refractivity contribution in [2.45, 2.75) is 90.3 Å². The van der Waals surface area contributed by atoms with E-state index in [9.17, 15) is 0 Å². The molecule has 4 heteroatoms. The smallest absolute Gasteiger partial charge is 0.199 e. The van der Waals surface area contributed by atoms with E-state index in [1.165, 1.54) is 27.8 Å². The van der Waals surface area contributed by atoms with Gasteiger partial charge in [-0.05, 0) is 98.9 Å². The Bertz CT molecular complexity index is 1120. The van der Waals surface area contributed by atoms with Gasteiger partial charge in [0.2, 0.25) is 0 Å². The van der Waals surface area contributed by atoms with Crippen molar-refractivity contribution in [1.82, 2.24) is 0 Å². The average Bonchev–Trinajstić information content (AvgIpc) is 2.95. The van der Waals surface area contributed by atoms with Crippen LogP contribution in [0.5, 0.6) is 11.5 Å². The lowest BCUT2D eigenvalue weighted by Crippen LogP contribution is -2.25. The van der Waals surface area contributed by atoms with Gasteiger partial charge >= 0.3 is 0 Å². The van der Waals surface area contributed by atoms with Crippen LogP contribution in [0.15, 0.2) is 66.7 Å². The molecule has 0 aromatic heterocycles. The Hall–Kier alpha value is -2.82. The first-order chi connectivity index (χ1) is 19.1. The predicted molar refractivity (Wildman–Crippen MR) is 161 cm³/mol. The Morgan fingerprint density at radius 3 is 2.36 bits per heavy atom. The van der Waals surface area contributed by atoms with E-state index in [0.717, 1.165) is 82.6 Å². The van der Waals surface area contributed by atoms with Crippen LogP contribution in [0.2, 0.25) is 0 Å². The molecule has 3 unspecified atom stereocenters. The van der Waals surface area contributed by atoms with E-state index in [0.29, 0.717) is 5.92 Å². The molecule has 1 aliphatic heterocycles. The number of benzene rings is 3. The van der Waals surface area contributed by atoms with Crippen molar-refractivity contribution in [2.75, 3.05) is 19.8 Å². The Morgan fingerprint density at radius 2 is 1.67 bits per heavy atom. The summed E-state index contributed by atoms with van der Waals surface area (Å²) < 4.78 is 18.5. The van der Waals surface area contributed by atoms with Crippen molar-refractivity contribution in [3.63, 3.8) is 0 Å². The first kappa shape index (κ1) is 29.2. The minimum atomic E-state index is -0.141. The quantitative estimate of drug-likeness (QED) is 0.213. The zero-order chi connectivity index (χ0) is 27.5. The summed E-state index contributed by atoms with van der Waals surface area (Å²) >= 11 is 0. The lowest BCUT2D eigenvalue weighted by atomic mass is 9.74. The van der Waals surface area contributed by atoms with Crippen LogP contribution < -0.4 is 15.2 Å². The largest absolute Gasteiger partial charge is 0.493 e. The topological polar surface area (TPSA) is 53.7 Å². The summed E-state index contributed by atoms with van der Waals surface area (Å²) in [5, 5.41) is 0. The highest BCUT2D eigenvalue weighted by molar-refractivity contribution is 5.51. The van der Waals surface area contributed by atoms with Gasteiger partial charge in [0.25, 0.3) is 0 Å². The van der Waals surface area contributed by atoms with Gasteiger partial charge in [-0.3, -0.25) is 0 Å². The van der Waals surface area contributed by atoms with E-state index in [4.69, 9.17) is 19.9 Å². The first-order valence-electron chi connectivity index (χ1n) is 15.0. The monoisotopic (exact) mass is 529 g/mol. The predicted octanol–water partition coefficient (Wildman–Crippen LogP) is 8.43. The number of aryl methyl sites for hydroxylation is 2. The number of nitrogens with two attached hydrogens (primary N) is 1. The number of hydrogen-bond donors (Lipinski definition) is 1. The molecule has 210 valence electrons. The molecular formula is C35H47NO3.